The number of hydrogen-bond acceptors (Lipinski definition) is 2. The fourth-order valence-electron chi connectivity index (χ4n) is 1.14. The van der Waals surface area contributed by atoms with Gasteiger partial charge in [0.25, 0.3) is 0 Å². The van der Waals surface area contributed by atoms with Gasteiger partial charge in [-0.25, -0.2) is 13.5 Å². The first-order chi connectivity index (χ1) is 6.68. The van der Waals surface area contributed by atoms with Crippen LogP contribution in [-0.4, -0.2) is 9.78 Å². The van der Waals surface area contributed by atoms with Crippen LogP contribution in [0.5, 0.6) is 0 Å². The molecule has 0 radical (unpaired) electrons. The molecule has 1 aromatic carbocycles. The Balaban J connectivity index is 2.57. The summed E-state index contributed by atoms with van der Waals surface area (Å²) < 4.78 is 27.2. The number of nitrogens with zero attached hydrogens (tertiary/aromatic N) is 2. The van der Waals surface area contributed by atoms with E-state index in [1.165, 1.54) is 29.2 Å². The highest BCUT2D eigenvalue weighted by Crippen LogP contribution is 2.16. The highest BCUT2D eigenvalue weighted by Gasteiger charge is 2.09. The lowest BCUT2D eigenvalue weighted by atomic mass is 10.3. The quantitative estimate of drug-likeness (QED) is 0.753. The maximum Gasteiger partial charge on any atom is 0.184 e. The Morgan fingerprint density at radius 2 is 2.07 bits per heavy atom. The van der Waals surface area contributed by atoms with Gasteiger partial charge in [-0.1, -0.05) is 6.07 Å². The molecule has 5 heteroatoms. The summed E-state index contributed by atoms with van der Waals surface area (Å²) in [6, 6.07) is 3.88. The summed E-state index contributed by atoms with van der Waals surface area (Å²) in [5.74, 6) is -1.84. The minimum Gasteiger partial charge on any atom is -0.396 e. The second-order valence-electron chi connectivity index (χ2n) is 2.79. The Hall–Kier alpha value is -1.91. The summed E-state index contributed by atoms with van der Waals surface area (Å²) in [6.07, 6.45) is 2.78. The largest absolute Gasteiger partial charge is 0.396 e. The molecule has 0 aliphatic heterocycles. The standard InChI is InChI=1S/C9H7F2N3/c10-7-2-1-3-8(9(7)11)14-5-6(12)4-13-14/h1-5H,12H2. The molecule has 0 atom stereocenters. The zero-order valence-electron chi connectivity index (χ0n) is 7.11. The Bertz CT molecular complexity index is 465. The Morgan fingerprint density at radius 1 is 1.29 bits per heavy atom. The van der Waals surface area contributed by atoms with Gasteiger partial charge in [0, 0.05) is 0 Å². The van der Waals surface area contributed by atoms with E-state index < -0.39 is 11.6 Å². The van der Waals surface area contributed by atoms with Crippen LogP contribution in [0.1, 0.15) is 0 Å². The van der Waals surface area contributed by atoms with Crippen LogP contribution < -0.4 is 5.73 Å². The first-order valence-corrected chi connectivity index (χ1v) is 3.93. The summed E-state index contributed by atoms with van der Waals surface area (Å²) in [6.45, 7) is 0. The Kier molecular flexibility index (Phi) is 1.92. The number of nitrogens with two attached hydrogens (primary N) is 1. The third-order valence-electron chi connectivity index (χ3n) is 1.78. The van der Waals surface area contributed by atoms with E-state index in [2.05, 4.69) is 5.10 Å². The molecule has 0 amide bonds. The zero-order valence-corrected chi connectivity index (χ0v) is 7.11. The molecule has 1 aromatic heterocycles. The van der Waals surface area contributed by atoms with E-state index in [0.29, 0.717) is 5.69 Å². The molecule has 0 saturated heterocycles. The molecule has 0 spiro atoms. The van der Waals surface area contributed by atoms with Gasteiger partial charge in [-0.05, 0) is 12.1 Å². The van der Waals surface area contributed by atoms with Gasteiger partial charge in [-0.3, -0.25) is 0 Å². The topological polar surface area (TPSA) is 43.8 Å². The first-order valence-electron chi connectivity index (χ1n) is 3.93. The number of halogens is 2. The first kappa shape index (κ1) is 8.68. The van der Waals surface area contributed by atoms with Gasteiger partial charge in [0.2, 0.25) is 0 Å². The van der Waals surface area contributed by atoms with Crippen molar-refractivity contribution in [2.75, 3.05) is 5.73 Å². The van der Waals surface area contributed by atoms with Gasteiger partial charge in [0.05, 0.1) is 18.1 Å². The van der Waals surface area contributed by atoms with Gasteiger partial charge in [0.15, 0.2) is 11.6 Å². The van der Waals surface area contributed by atoms with Crippen molar-refractivity contribution in [3.8, 4) is 5.69 Å². The van der Waals surface area contributed by atoms with Gasteiger partial charge in [0.1, 0.15) is 5.69 Å². The van der Waals surface area contributed by atoms with Crippen molar-refractivity contribution in [1.29, 1.82) is 0 Å². The molecule has 72 valence electrons. The fraction of sp³-hybridized carbons (Fsp3) is 0. The third kappa shape index (κ3) is 1.32. The second kappa shape index (κ2) is 3.10. The van der Waals surface area contributed by atoms with Crippen molar-refractivity contribution in [2.24, 2.45) is 0 Å². The molecule has 2 N–H and O–H groups in total. The van der Waals surface area contributed by atoms with Crippen LogP contribution >= 0.6 is 0 Å². The SMILES string of the molecule is Nc1cnn(-c2cccc(F)c2F)c1. The van der Waals surface area contributed by atoms with Crippen molar-refractivity contribution in [1.82, 2.24) is 9.78 Å². The fourth-order valence-corrected chi connectivity index (χ4v) is 1.14. The minimum absolute atomic E-state index is 0.0432. The Morgan fingerprint density at radius 3 is 2.71 bits per heavy atom. The molecule has 0 bridgehead atoms. The van der Waals surface area contributed by atoms with Crippen molar-refractivity contribution in [3.63, 3.8) is 0 Å². The summed E-state index contributed by atoms with van der Waals surface area (Å²) in [5, 5.41) is 3.77. The predicted molar refractivity (Wildman–Crippen MR) is 47.9 cm³/mol. The van der Waals surface area contributed by atoms with Gasteiger partial charge >= 0.3 is 0 Å². The summed E-state index contributed by atoms with van der Waals surface area (Å²) in [5.41, 5.74) is 5.84. The predicted octanol–water partition coefficient (Wildman–Crippen LogP) is 1.73. The molecule has 1 heterocycles. The number of anilines is 1. The summed E-state index contributed by atoms with van der Waals surface area (Å²) in [7, 11) is 0. The van der Waals surface area contributed by atoms with E-state index in [1.807, 2.05) is 0 Å². The van der Waals surface area contributed by atoms with Crippen molar-refractivity contribution < 1.29 is 8.78 Å². The van der Waals surface area contributed by atoms with Gasteiger partial charge < -0.3 is 5.73 Å². The summed E-state index contributed by atoms with van der Waals surface area (Å²) in [4.78, 5) is 0. The van der Waals surface area contributed by atoms with Crippen LogP contribution in [0.4, 0.5) is 14.5 Å². The molecule has 3 nitrogen and oxygen atoms in total. The molecular weight excluding hydrogens is 188 g/mol. The van der Waals surface area contributed by atoms with E-state index in [0.717, 1.165) is 6.07 Å². The van der Waals surface area contributed by atoms with Crippen LogP contribution in [0.15, 0.2) is 30.6 Å². The maximum atomic E-state index is 13.2. The lowest BCUT2D eigenvalue weighted by Gasteiger charge is -2.02. The van der Waals surface area contributed by atoms with Crippen LogP contribution in [-0.2, 0) is 0 Å². The average molecular weight is 195 g/mol. The number of benzene rings is 1. The Labute approximate surface area is 78.8 Å². The molecule has 0 saturated carbocycles. The smallest absolute Gasteiger partial charge is 0.184 e. The minimum atomic E-state index is -0.935. The lowest BCUT2D eigenvalue weighted by molar-refractivity contribution is 0.501. The average Bonchev–Trinajstić information content (AvgIpc) is 2.57. The molecule has 14 heavy (non-hydrogen) atoms. The zero-order chi connectivity index (χ0) is 10.1. The number of hydrogen-bond donors (Lipinski definition) is 1. The number of rotatable bonds is 1. The number of nitrogen functional groups attached to an aromatic ring is 1. The van der Waals surface area contributed by atoms with Crippen LogP contribution in [0, 0.1) is 11.6 Å². The lowest BCUT2D eigenvalue weighted by Crippen LogP contribution is -1.99. The summed E-state index contributed by atoms with van der Waals surface area (Å²) >= 11 is 0. The monoisotopic (exact) mass is 195 g/mol. The number of aromatic nitrogens is 2. The van der Waals surface area contributed by atoms with E-state index in [-0.39, 0.29) is 5.69 Å². The third-order valence-corrected chi connectivity index (χ3v) is 1.78. The highest BCUT2D eigenvalue weighted by molar-refractivity contribution is 5.39. The van der Waals surface area contributed by atoms with Crippen molar-refractivity contribution in [3.05, 3.63) is 42.2 Å². The molecule has 2 aromatic rings. The highest BCUT2D eigenvalue weighted by atomic mass is 19.2. The molecular formula is C9H7F2N3. The molecule has 0 fully saturated rings. The van der Waals surface area contributed by atoms with Crippen molar-refractivity contribution in [2.45, 2.75) is 0 Å². The molecule has 0 aliphatic carbocycles. The van der Waals surface area contributed by atoms with E-state index in [9.17, 15) is 8.78 Å². The van der Waals surface area contributed by atoms with E-state index in [1.54, 1.807) is 0 Å². The second-order valence-corrected chi connectivity index (χ2v) is 2.79. The molecule has 0 aliphatic rings. The van der Waals surface area contributed by atoms with Crippen LogP contribution in [0.25, 0.3) is 5.69 Å². The van der Waals surface area contributed by atoms with Gasteiger partial charge in [-0.15, -0.1) is 0 Å². The normalized spacial score (nSPS) is 10.4. The van der Waals surface area contributed by atoms with Crippen LogP contribution in [0.3, 0.4) is 0 Å². The van der Waals surface area contributed by atoms with E-state index >= 15 is 0 Å². The van der Waals surface area contributed by atoms with E-state index in [4.69, 9.17) is 5.73 Å². The molecule has 2 rings (SSSR count). The van der Waals surface area contributed by atoms with Gasteiger partial charge in [-0.2, -0.15) is 5.10 Å². The maximum absolute atomic E-state index is 13.2. The van der Waals surface area contributed by atoms with Crippen LogP contribution in [0.2, 0.25) is 0 Å². The van der Waals surface area contributed by atoms with Crippen molar-refractivity contribution >= 4 is 5.69 Å². The molecule has 0 unspecified atom stereocenters.